The first-order valence-corrected chi connectivity index (χ1v) is 6.27. The van der Waals surface area contributed by atoms with E-state index < -0.39 is 6.03 Å². The first-order valence-electron chi connectivity index (χ1n) is 5.89. The fraction of sp³-hybridized carbons (Fsp3) is 0.0714. The Morgan fingerprint density at radius 2 is 2.00 bits per heavy atom. The molecule has 20 heavy (non-hydrogen) atoms. The summed E-state index contributed by atoms with van der Waals surface area (Å²) in [5, 5.41) is 5.46. The summed E-state index contributed by atoms with van der Waals surface area (Å²) in [6.45, 7) is 0.0884. The highest BCUT2D eigenvalue weighted by molar-refractivity contribution is 6.34. The molecule has 0 heterocycles. The summed E-state index contributed by atoms with van der Waals surface area (Å²) in [6, 6.07) is 10.5. The van der Waals surface area contributed by atoms with Gasteiger partial charge in [-0.05, 0) is 24.3 Å². The number of nitrogens with one attached hydrogen (secondary N) is 2. The average molecular weight is 294 g/mol. The standard InChI is InChI=1S/C14H13ClFN3O/c15-11-7-10(17)5-6-13(11)19-14(20)18-8-9-3-1-2-4-12(9)16/h1-7H,8,17H2,(H2,18,19,20). The van der Waals surface area contributed by atoms with Crippen LogP contribution in [0.1, 0.15) is 5.56 Å². The summed E-state index contributed by atoms with van der Waals surface area (Å²) in [7, 11) is 0. The van der Waals surface area contributed by atoms with Crippen LogP contribution in [0.15, 0.2) is 42.5 Å². The average Bonchev–Trinajstić information content (AvgIpc) is 2.41. The quantitative estimate of drug-likeness (QED) is 0.759. The van der Waals surface area contributed by atoms with E-state index in [2.05, 4.69) is 10.6 Å². The molecule has 4 N–H and O–H groups in total. The second-order valence-electron chi connectivity index (χ2n) is 4.14. The Morgan fingerprint density at radius 3 is 2.70 bits per heavy atom. The Bertz CT molecular complexity index is 634. The van der Waals surface area contributed by atoms with Gasteiger partial charge in [-0.2, -0.15) is 0 Å². The van der Waals surface area contributed by atoms with Crippen molar-refractivity contribution >= 4 is 29.0 Å². The number of hydrogen-bond donors (Lipinski definition) is 3. The van der Waals surface area contributed by atoms with Crippen LogP contribution in [0.5, 0.6) is 0 Å². The van der Waals surface area contributed by atoms with E-state index in [-0.39, 0.29) is 12.4 Å². The van der Waals surface area contributed by atoms with E-state index in [0.717, 1.165) is 0 Å². The van der Waals surface area contributed by atoms with E-state index >= 15 is 0 Å². The molecule has 0 saturated carbocycles. The molecule has 0 unspecified atom stereocenters. The molecule has 0 aromatic heterocycles. The maximum atomic E-state index is 13.4. The lowest BCUT2D eigenvalue weighted by Crippen LogP contribution is -2.28. The van der Waals surface area contributed by atoms with E-state index in [1.807, 2.05) is 0 Å². The van der Waals surface area contributed by atoms with Gasteiger partial charge < -0.3 is 16.4 Å². The Kier molecular flexibility index (Phi) is 4.42. The summed E-state index contributed by atoms with van der Waals surface area (Å²) in [5.41, 5.74) is 6.91. The van der Waals surface area contributed by atoms with Gasteiger partial charge in [-0.25, -0.2) is 9.18 Å². The third-order valence-corrected chi connectivity index (χ3v) is 2.95. The molecule has 0 radical (unpaired) electrons. The fourth-order valence-corrected chi connectivity index (χ4v) is 1.85. The van der Waals surface area contributed by atoms with E-state index in [1.54, 1.807) is 30.3 Å². The molecule has 2 amide bonds. The zero-order valence-electron chi connectivity index (χ0n) is 10.5. The van der Waals surface area contributed by atoms with Gasteiger partial charge in [0.25, 0.3) is 0 Å². The Morgan fingerprint density at radius 1 is 1.25 bits per heavy atom. The molecule has 6 heteroatoms. The third-order valence-electron chi connectivity index (χ3n) is 2.64. The van der Waals surface area contributed by atoms with Crippen LogP contribution < -0.4 is 16.4 Å². The molecule has 2 rings (SSSR count). The summed E-state index contributed by atoms with van der Waals surface area (Å²) < 4.78 is 13.4. The third kappa shape index (κ3) is 3.61. The number of urea groups is 1. The minimum atomic E-state index is -0.472. The van der Waals surface area contributed by atoms with Crippen molar-refractivity contribution in [2.75, 3.05) is 11.1 Å². The molecule has 0 aliphatic heterocycles. The van der Waals surface area contributed by atoms with E-state index in [9.17, 15) is 9.18 Å². The van der Waals surface area contributed by atoms with Crippen molar-refractivity contribution in [3.63, 3.8) is 0 Å². The van der Waals surface area contributed by atoms with E-state index in [4.69, 9.17) is 17.3 Å². The number of benzene rings is 2. The van der Waals surface area contributed by atoms with Gasteiger partial charge in [-0.15, -0.1) is 0 Å². The molecule has 0 atom stereocenters. The van der Waals surface area contributed by atoms with Gasteiger partial charge >= 0.3 is 6.03 Å². The van der Waals surface area contributed by atoms with Gasteiger partial charge in [0, 0.05) is 17.8 Å². The highest BCUT2D eigenvalue weighted by atomic mass is 35.5. The molecule has 2 aromatic rings. The van der Waals surface area contributed by atoms with Crippen molar-refractivity contribution in [3.05, 3.63) is 58.9 Å². The molecule has 0 fully saturated rings. The number of halogens is 2. The number of carbonyl (C=O) groups excluding carboxylic acids is 1. The van der Waals surface area contributed by atoms with Crippen molar-refractivity contribution in [3.8, 4) is 0 Å². The van der Waals surface area contributed by atoms with Gasteiger partial charge in [0.15, 0.2) is 0 Å². The predicted octanol–water partition coefficient (Wildman–Crippen LogP) is 3.38. The topological polar surface area (TPSA) is 67.1 Å². The molecule has 2 aromatic carbocycles. The largest absolute Gasteiger partial charge is 0.399 e. The van der Waals surface area contributed by atoms with E-state index in [0.29, 0.717) is 22.0 Å². The molecular weight excluding hydrogens is 281 g/mol. The van der Waals surface area contributed by atoms with Crippen molar-refractivity contribution < 1.29 is 9.18 Å². The van der Waals surface area contributed by atoms with Crippen LogP contribution >= 0.6 is 11.6 Å². The SMILES string of the molecule is Nc1ccc(NC(=O)NCc2ccccc2F)c(Cl)c1. The van der Waals surface area contributed by atoms with Crippen LogP contribution in [0.3, 0.4) is 0 Å². The number of amides is 2. The van der Waals surface area contributed by atoms with Crippen LogP contribution in [-0.4, -0.2) is 6.03 Å². The van der Waals surface area contributed by atoms with Crippen LogP contribution in [0.4, 0.5) is 20.6 Å². The summed E-state index contributed by atoms with van der Waals surface area (Å²) >= 11 is 5.93. The predicted molar refractivity (Wildman–Crippen MR) is 78.1 cm³/mol. The first-order chi connectivity index (χ1) is 9.56. The summed E-state index contributed by atoms with van der Waals surface area (Å²) in [4.78, 5) is 11.7. The number of nitrogen functional groups attached to an aromatic ring is 1. The number of carbonyl (C=O) groups is 1. The van der Waals surface area contributed by atoms with Crippen molar-refractivity contribution in [1.82, 2.24) is 5.32 Å². The smallest absolute Gasteiger partial charge is 0.319 e. The van der Waals surface area contributed by atoms with Crippen LogP contribution in [0.25, 0.3) is 0 Å². The van der Waals surface area contributed by atoms with Gasteiger partial charge in [-0.1, -0.05) is 29.8 Å². The van der Waals surface area contributed by atoms with Gasteiger partial charge in [0.05, 0.1) is 10.7 Å². The first kappa shape index (κ1) is 14.1. The minimum Gasteiger partial charge on any atom is -0.399 e. The molecular formula is C14H13ClFN3O. The highest BCUT2D eigenvalue weighted by Gasteiger charge is 2.07. The maximum absolute atomic E-state index is 13.4. The molecule has 4 nitrogen and oxygen atoms in total. The lowest BCUT2D eigenvalue weighted by Gasteiger charge is -2.10. The Balaban J connectivity index is 1.94. The number of anilines is 2. The second kappa shape index (κ2) is 6.25. The number of rotatable bonds is 3. The maximum Gasteiger partial charge on any atom is 0.319 e. The Labute approximate surface area is 120 Å². The van der Waals surface area contributed by atoms with Gasteiger partial charge in [0.1, 0.15) is 5.82 Å². The van der Waals surface area contributed by atoms with Crippen LogP contribution in [0.2, 0.25) is 5.02 Å². The molecule has 104 valence electrons. The summed E-state index contributed by atoms with van der Waals surface area (Å²) in [6.07, 6.45) is 0. The molecule has 0 saturated heterocycles. The van der Waals surface area contributed by atoms with Crippen molar-refractivity contribution in [2.24, 2.45) is 0 Å². The Hall–Kier alpha value is -2.27. The van der Waals surface area contributed by atoms with Crippen molar-refractivity contribution in [2.45, 2.75) is 6.54 Å². The molecule has 0 aliphatic carbocycles. The number of nitrogens with two attached hydrogens (primary N) is 1. The molecule has 0 bridgehead atoms. The highest BCUT2D eigenvalue weighted by Crippen LogP contribution is 2.23. The van der Waals surface area contributed by atoms with Crippen LogP contribution in [0, 0.1) is 5.82 Å². The number of hydrogen-bond acceptors (Lipinski definition) is 2. The minimum absolute atomic E-state index is 0.0884. The lowest BCUT2D eigenvalue weighted by atomic mass is 10.2. The normalized spacial score (nSPS) is 10.1. The molecule has 0 aliphatic rings. The van der Waals surface area contributed by atoms with Crippen molar-refractivity contribution in [1.29, 1.82) is 0 Å². The monoisotopic (exact) mass is 293 g/mol. The fourth-order valence-electron chi connectivity index (χ4n) is 1.62. The second-order valence-corrected chi connectivity index (χ2v) is 4.55. The van der Waals surface area contributed by atoms with Crippen LogP contribution in [-0.2, 0) is 6.54 Å². The summed E-state index contributed by atoms with van der Waals surface area (Å²) in [5.74, 6) is -0.363. The van der Waals surface area contributed by atoms with Gasteiger partial charge in [-0.3, -0.25) is 0 Å². The lowest BCUT2D eigenvalue weighted by molar-refractivity contribution is 0.251. The zero-order valence-corrected chi connectivity index (χ0v) is 11.2. The van der Waals surface area contributed by atoms with Gasteiger partial charge in [0.2, 0.25) is 0 Å². The molecule has 0 spiro atoms. The van der Waals surface area contributed by atoms with E-state index in [1.165, 1.54) is 12.1 Å². The zero-order chi connectivity index (χ0) is 14.5.